The van der Waals surface area contributed by atoms with Gasteiger partial charge in [0.25, 0.3) is 5.91 Å². The lowest BCUT2D eigenvalue weighted by Crippen LogP contribution is -2.36. The molecule has 1 saturated carbocycles. The number of anilines is 1. The highest BCUT2D eigenvalue weighted by atomic mass is 16.2. The molecule has 3 heteroatoms. The van der Waals surface area contributed by atoms with Gasteiger partial charge in [-0.3, -0.25) is 4.79 Å². The predicted molar refractivity (Wildman–Crippen MR) is 69.8 cm³/mol. The fourth-order valence-electron chi connectivity index (χ4n) is 2.02. The zero-order chi connectivity index (χ0) is 12.4. The van der Waals surface area contributed by atoms with Gasteiger partial charge in [-0.2, -0.15) is 0 Å². The van der Waals surface area contributed by atoms with E-state index in [-0.39, 0.29) is 5.91 Å². The smallest absolute Gasteiger partial charge is 0.256 e. The molecule has 3 nitrogen and oxygen atoms in total. The molecule has 92 valence electrons. The van der Waals surface area contributed by atoms with E-state index in [1.54, 1.807) is 6.07 Å². The highest BCUT2D eigenvalue weighted by molar-refractivity contribution is 5.99. The molecule has 0 aromatic heterocycles. The van der Waals surface area contributed by atoms with E-state index in [2.05, 4.69) is 13.8 Å². The minimum absolute atomic E-state index is 0.0827. The topological polar surface area (TPSA) is 46.3 Å². The number of nitrogen functional groups attached to an aromatic ring is 1. The molecule has 1 aromatic rings. The van der Waals surface area contributed by atoms with Gasteiger partial charge < -0.3 is 10.6 Å². The number of carbonyl (C=O) groups is 1. The Kier molecular flexibility index (Phi) is 3.36. The summed E-state index contributed by atoms with van der Waals surface area (Å²) < 4.78 is 0. The average Bonchev–Trinajstić information content (AvgIpc) is 3.09. The summed E-state index contributed by atoms with van der Waals surface area (Å²) in [5, 5.41) is 0. The molecule has 2 N–H and O–H groups in total. The number of nitrogens with two attached hydrogens (primary N) is 1. The fourth-order valence-corrected chi connectivity index (χ4v) is 2.02. The van der Waals surface area contributed by atoms with Crippen molar-refractivity contribution in [2.75, 3.05) is 12.3 Å². The Balaban J connectivity index is 2.19. The second-order valence-electron chi connectivity index (χ2n) is 5.17. The monoisotopic (exact) mass is 232 g/mol. The maximum Gasteiger partial charge on any atom is 0.256 e. The van der Waals surface area contributed by atoms with Crippen LogP contribution < -0.4 is 5.73 Å². The van der Waals surface area contributed by atoms with Crippen LogP contribution in [0.4, 0.5) is 5.69 Å². The highest BCUT2D eigenvalue weighted by Crippen LogP contribution is 2.29. The van der Waals surface area contributed by atoms with Gasteiger partial charge in [0.1, 0.15) is 0 Å². The van der Waals surface area contributed by atoms with Crippen LogP contribution in [0.15, 0.2) is 24.3 Å². The number of carbonyl (C=O) groups excluding carboxylic acids is 1. The van der Waals surface area contributed by atoms with E-state index in [0.717, 1.165) is 19.4 Å². The second-order valence-corrected chi connectivity index (χ2v) is 5.17. The molecule has 1 aliphatic carbocycles. The van der Waals surface area contributed by atoms with Gasteiger partial charge in [-0.05, 0) is 30.9 Å². The van der Waals surface area contributed by atoms with Gasteiger partial charge in [-0.15, -0.1) is 0 Å². The van der Waals surface area contributed by atoms with Crippen molar-refractivity contribution in [2.45, 2.75) is 32.7 Å². The van der Waals surface area contributed by atoms with Gasteiger partial charge in [0.05, 0.1) is 5.56 Å². The molecule has 0 unspecified atom stereocenters. The summed E-state index contributed by atoms with van der Waals surface area (Å²) in [6, 6.07) is 7.76. The number of hydrogen-bond acceptors (Lipinski definition) is 2. The van der Waals surface area contributed by atoms with Crippen LogP contribution >= 0.6 is 0 Å². The van der Waals surface area contributed by atoms with E-state index in [4.69, 9.17) is 5.73 Å². The lowest BCUT2D eigenvalue weighted by atomic mass is 10.1. The molecule has 1 amide bonds. The van der Waals surface area contributed by atoms with E-state index < -0.39 is 0 Å². The van der Waals surface area contributed by atoms with Crippen LogP contribution in [0.1, 0.15) is 37.0 Å². The zero-order valence-corrected chi connectivity index (χ0v) is 10.5. The fraction of sp³-hybridized carbons (Fsp3) is 0.500. The summed E-state index contributed by atoms with van der Waals surface area (Å²) in [5.74, 6) is 0.573. The molecule has 1 aromatic carbocycles. The highest BCUT2D eigenvalue weighted by Gasteiger charge is 2.33. The maximum atomic E-state index is 12.4. The number of hydrogen-bond donors (Lipinski definition) is 1. The lowest BCUT2D eigenvalue weighted by molar-refractivity contribution is 0.0723. The largest absolute Gasteiger partial charge is 0.398 e. The van der Waals surface area contributed by atoms with Gasteiger partial charge in [-0.25, -0.2) is 0 Å². The van der Waals surface area contributed by atoms with Crippen molar-refractivity contribution in [3.8, 4) is 0 Å². The number of rotatable bonds is 4. The number of benzene rings is 1. The van der Waals surface area contributed by atoms with Crippen molar-refractivity contribution in [3.05, 3.63) is 29.8 Å². The first-order valence-corrected chi connectivity index (χ1v) is 6.25. The Morgan fingerprint density at radius 1 is 1.41 bits per heavy atom. The van der Waals surface area contributed by atoms with Crippen LogP contribution in [-0.4, -0.2) is 23.4 Å². The van der Waals surface area contributed by atoms with Crippen molar-refractivity contribution in [3.63, 3.8) is 0 Å². The first-order valence-electron chi connectivity index (χ1n) is 6.25. The van der Waals surface area contributed by atoms with Crippen molar-refractivity contribution < 1.29 is 4.79 Å². The summed E-state index contributed by atoms with van der Waals surface area (Å²) >= 11 is 0. The van der Waals surface area contributed by atoms with Crippen LogP contribution in [0, 0.1) is 5.92 Å². The van der Waals surface area contributed by atoms with Crippen LogP contribution in [0.3, 0.4) is 0 Å². The van der Waals surface area contributed by atoms with Crippen molar-refractivity contribution in [1.82, 2.24) is 4.90 Å². The molecule has 1 fully saturated rings. The first-order chi connectivity index (χ1) is 8.09. The third-order valence-corrected chi connectivity index (χ3v) is 3.00. The molecule has 0 bridgehead atoms. The molecule has 0 radical (unpaired) electrons. The van der Waals surface area contributed by atoms with Gasteiger partial charge >= 0.3 is 0 Å². The number of nitrogens with zero attached hydrogens (tertiary/aromatic N) is 1. The normalized spacial score (nSPS) is 15.0. The molecular formula is C14H20N2O. The van der Waals surface area contributed by atoms with E-state index in [9.17, 15) is 4.79 Å². The summed E-state index contributed by atoms with van der Waals surface area (Å²) in [4.78, 5) is 14.4. The minimum atomic E-state index is 0.0827. The summed E-state index contributed by atoms with van der Waals surface area (Å²) in [6.45, 7) is 5.09. The van der Waals surface area contributed by atoms with Crippen molar-refractivity contribution in [1.29, 1.82) is 0 Å². The van der Waals surface area contributed by atoms with Gasteiger partial charge in [0.15, 0.2) is 0 Å². The van der Waals surface area contributed by atoms with E-state index in [0.29, 0.717) is 23.2 Å². The van der Waals surface area contributed by atoms with E-state index in [1.807, 2.05) is 23.1 Å². The average molecular weight is 232 g/mol. The van der Waals surface area contributed by atoms with Crippen LogP contribution in [0.25, 0.3) is 0 Å². The SMILES string of the molecule is CC(C)CN(C(=O)c1ccccc1N)C1CC1. The molecule has 0 spiro atoms. The van der Waals surface area contributed by atoms with Crippen molar-refractivity contribution >= 4 is 11.6 Å². The summed E-state index contributed by atoms with van der Waals surface area (Å²) in [6.07, 6.45) is 2.26. The minimum Gasteiger partial charge on any atom is -0.398 e. The van der Waals surface area contributed by atoms with Crippen molar-refractivity contribution in [2.24, 2.45) is 5.92 Å². The summed E-state index contributed by atoms with van der Waals surface area (Å²) in [7, 11) is 0. The molecule has 0 saturated heterocycles. The number of amides is 1. The van der Waals surface area contributed by atoms with Crippen LogP contribution in [-0.2, 0) is 0 Å². The molecule has 0 aliphatic heterocycles. The van der Waals surface area contributed by atoms with Gasteiger partial charge in [0, 0.05) is 18.3 Å². The maximum absolute atomic E-state index is 12.4. The summed E-state index contributed by atoms with van der Waals surface area (Å²) in [5.41, 5.74) is 7.08. The molecular weight excluding hydrogens is 212 g/mol. The molecule has 0 heterocycles. The Morgan fingerprint density at radius 3 is 2.59 bits per heavy atom. The Labute approximate surface area is 103 Å². The number of para-hydroxylation sites is 1. The lowest BCUT2D eigenvalue weighted by Gasteiger charge is -2.25. The quantitative estimate of drug-likeness (QED) is 0.811. The van der Waals surface area contributed by atoms with Crippen LogP contribution in [0.5, 0.6) is 0 Å². The van der Waals surface area contributed by atoms with Crippen LogP contribution in [0.2, 0.25) is 0 Å². The zero-order valence-electron chi connectivity index (χ0n) is 10.5. The second kappa shape index (κ2) is 4.78. The third kappa shape index (κ3) is 2.78. The first kappa shape index (κ1) is 12.0. The molecule has 2 rings (SSSR count). The molecule has 17 heavy (non-hydrogen) atoms. The Morgan fingerprint density at radius 2 is 2.06 bits per heavy atom. The van der Waals surface area contributed by atoms with Gasteiger partial charge in [-0.1, -0.05) is 26.0 Å². The Bertz CT molecular complexity index is 410. The Hall–Kier alpha value is -1.51. The predicted octanol–water partition coefficient (Wildman–Crippen LogP) is 2.53. The van der Waals surface area contributed by atoms with E-state index in [1.165, 1.54) is 0 Å². The van der Waals surface area contributed by atoms with Gasteiger partial charge in [0.2, 0.25) is 0 Å². The van der Waals surface area contributed by atoms with E-state index >= 15 is 0 Å². The molecule has 0 atom stereocenters. The standard InChI is InChI=1S/C14H20N2O/c1-10(2)9-16(11-7-8-11)14(17)12-5-3-4-6-13(12)15/h3-6,10-11H,7-9,15H2,1-2H3. The molecule has 1 aliphatic rings. The third-order valence-electron chi connectivity index (χ3n) is 3.00.